The van der Waals surface area contributed by atoms with Crippen molar-refractivity contribution in [2.24, 2.45) is 0 Å². The molecule has 0 bridgehead atoms. The highest BCUT2D eigenvalue weighted by atomic mass is 19.1. The zero-order valence-corrected chi connectivity index (χ0v) is 8.09. The van der Waals surface area contributed by atoms with Crippen LogP contribution < -0.4 is 0 Å². The number of nitrogens with zero attached hydrogens (tertiary/aromatic N) is 1. The Labute approximate surface area is 82.3 Å². The second-order valence-electron chi connectivity index (χ2n) is 3.48. The minimum absolute atomic E-state index is 0.0839. The zero-order chi connectivity index (χ0) is 10.1. The van der Waals surface area contributed by atoms with Crippen LogP contribution in [0.3, 0.4) is 0 Å². The fourth-order valence-corrected chi connectivity index (χ4v) is 1.78. The molecule has 0 atom stereocenters. The Balaban J connectivity index is 2.26. The zero-order valence-electron chi connectivity index (χ0n) is 8.09. The molecule has 2 nitrogen and oxygen atoms in total. The van der Waals surface area contributed by atoms with Crippen LogP contribution in [0, 0.1) is 5.82 Å². The van der Waals surface area contributed by atoms with Gasteiger partial charge in [-0.05, 0) is 11.6 Å². The fourth-order valence-electron chi connectivity index (χ4n) is 1.78. The SMILES string of the molecule is CCC(=O)N1Cc2cccc(F)c2C1. The maximum absolute atomic E-state index is 13.3. The summed E-state index contributed by atoms with van der Waals surface area (Å²) in [6.07, 6.45) is 0.482. The predicted molar refractivity (Wildman–Crippen MR) is 50.9 cm³/mol. The molecule has 3 heteroatoms. The summed E-state index contributed by atoms with van der Waals surface area (Å²) < 4.78 is 13.3. The third-order valence-corrected chi connectivity index (χ3v) is 2.58. The Kier molecular flexibility index (Phi) is 2.23. The van der Waals surface area contributed by atoms with Crippen molar-refractivity contribution in [3.8, 4) is 0 Å². The molecule has 0 radical (unpaired) electrons. The first-order valence-corrected chi connectivity index (χ1v) is 4.76. The van der Waals surface area contributed by atoms with Crippen molar-refractivity contribution in [2.45, 2.75) is 26.4 Å². The average molecular weight is 193 g/mol. The Morgan fingerprint density at radius 3 is 2.93 bits per heavy atom. The molecule has 14 heavy (non-hydrogen) atoms. The number of hydrogen-bond donors (Lipinski definition) is 0. The number of carbonyl (C=O) groups excluding carboxylic acids is 1. The van der Waals surface area contributed by atoms with Crippen molar-refractivity contribution < 1.29 is 9.18 Å². The van der Waals surface area contributed by atoms with Crippen molar-refractivity contribution >= 4 is 5.91 Å². The fraction of sp³-hybridized carbons (Fsp3) is 0.364. The van der Waals surface area contributed by atoms with E-state index in [2.05, 4.69) is 0 Å². The lowest BCUT2D eigenvalue weighted by Crippen LogP contribution is -2.24. The number of amides is 1. The standard InChI is InChI=1S/C11H12FNO/c1-2-11(14)13-6-8-4-3-5-10(12)9(8)7-13/h3-5H,2,6-7H2,1H3. The molecule has 1 aromatic rings. The van der Waals surface area contributed by atoms with Gasteiger partial charge in [0, 0.05) is 25.1 Å². The highest BCUT2D eigenvalue weighted by molar-refractivity contribution is 5.76. The van der Waals surface area contributed by atoms with Gasteiger partial charge in [-0.15, -0.1) is 0 Å². The Bertz CT molecular complexity index is 376. The lowest BCUT2D eigenvalue weighted by atomic mass is 10.1. The molecule has 0 fully saturated rings. The van der Waals surface area contributed by atoms with E-state index in [-0.39, 0.29) is 11.7 Å². The van der Waals surface area contributed by atoms with Gasteiger partial charge in [0.15, 0.2) is 0 Å². The Morgan fingerprint density at radius 2 is 2.29 bits per heavy atom. The van der Waals surface area contributed by atoms with Crippen LogP contribution in [-0.4, -0.2) is 10.8 Å². The minimum atomic E-state index is -0.200. The average Bonchev–Trinajstić information content (AvgIpc) is 2.62. The normalized spacial score (nSPS) is 14.3. The number of halogens is 1. The van der Waals surface area contributed by atoms with Crippen molar-refractivity contribution in [1.82, 2.24) is 4.90 Å². The molecule has 74 valence electrons. The van der Waals surface area contributed by atoms with E-state index in [4.69, 9.17) is 0 Å². The summed E-state index contributed by atoms with van der Waals surface area (Å²) in [5, 5.41) is 0. The van der Waals surface area contributed by atoms with Crippen LogP contribution in [0.4, 0.5) is 4.39 Å². The van der Waals surface area contributed by atoms with Crippen LogP contribution in [0.15, 0.2) is 18.2 Å². The van der Waals surface area contributed by atoms with E-state index in [0.717, 1.165) is 5.56 Å². The van der Waals surface area contributed by atoms with E-state index in [0.29, 0.717) is 25.1 Å². The van der Waals surface area contributed by atoms with Crippen LogP contribution >= 0.6 is 0 Å². The highest BCUT2D eigenvalue weighted by Crippen LogP contribution is 2.25. The molecule has 1 aliphatic heterocycles. The van der Waals surface area contributed by atoms with E-state index in [9.17, 15) is 9.18 Å². The third kappa shape index (κ3) is 1.39. The van der Waals surface area contributed by atoms with E-state index in [1.165, 1.54) is 6.07 Å². The van der Waals surface area contributed by atoms with Crippen molar-refractivity contribution in [3.63, 3.8) is 0 Å². The Hall–Kier alpha value is -1.38. The molecule has 1 heterocycles. The molecule has 0 saturated heterocycles. The van der Waals surface area contributed by atoms with Gasteiger partial charge in [0.1, 0.15) is 5.82 Å². The third-order valence-electron chi connectivity index (χ3n) is 2.58. The molecule has 1 amide bonds. The van der Waals surface area contributed by atoms with Gasteiger partial charge in [-0.2, -0.15) is 0 Å². The quantitative estimate of drug-likeness (QED) is 0.668. The van der Waals surface area contributed by atoms with Crippen LogP contribution in [0.25, 0.3) is 0 Å². The minimum Gasteiger partial charge on any atom is -0.334 e. The van der Waals surface area contributed by atoms with Gasteiger partial charge < -0.3 is 4.90 Å². The number of carbonyl (C=O) groups is 1. The van der Waals surface area contributed by atoms with Gasteiger partial charge in [-0.1, -0.05) is 19.1 Å². The van der Waals surface area contributed by atoms with Gasteiger partial charge in [0.05, 0.1) is 0 Å². The molecular formula is C11H12FNO. The summed E-state index contributed by atoms with van der Waals surface area (Å²) in [5.41, 5.74) is 1.61. The molecule has 0 aliphatic carbocycles. The molecule has 0 N–H and O–H groups in total. The number of fused-ring (bicyclic) bond motifs is 1. The molecule has 0 spiro atoms. The van der Waals surface area contributed by atoms with Gasteiger partial charge in [-0.3, -0.25) is 4.79 Å². The van der Waals surface area contributed by atoms with E-state index in [1.54, 1.807) is 11.0 Å². The summed E-state index contributed by atoms with van der Waals surface area (Å²) in [6.45, 7) is 2.80. The lowest BCUT2D eigenvalue weighted by Gasteiger charge is -2.13. The van der Waals surface area contributed by atoms with Crippen LogP contribution in [0.2, 0.25) is 0 Å². The Morgan fingerprint density at radius 1 is 1.50 bits per heavy atom. The van der Waals surface area contributed by atoms with Gasteiger partial charge in [-0.25, -0.2) is 4.39 Å². The number of benzene rings is 1. The van der Waals surface area contributed by atoms with Crippen molar-refractivity contribution in [1.29, 1.82) is 0 Å². The second-order valence-corrected chi connectivity index (χ2v) is 3.48. The molecule has 0 aromatic heterocycles. The monoisotopic (exact) mass is 193 g/mol. The topological polar surface area (TPSA) is 20.3 Å². The molecule has 1 aromatic carbocycles. The largest absolute Gasteiger partial charge is 0.334 e. The second kappa shape index (κ2) is 3.40. The molecule has 1 aliphatic rings. The molecular weight excluding hydrogens is 181 g/mol. The first kappa shape index (κ1) is 9.19. The van der Waals surface area contributed by atoms with Gasteiger partial charge in [0.2, 0.25) is 5.91 Å². The van der Waals surface area contributed by atoms with Crippen LogP contribution in [0.1, 0.15) is 24.5 Å². The first-order chi connectivity index (χ1) is 6.72. The van der Waals surface area contributed by atoms with E-state index >= 15 is 0 Å². The highest BCUT2D eigenvalue weighted by Gasteiger charge is 2.24. The summed E-state index contributed by atoms with van der Waals surface area (Å²) >= 11 is 0. The van der Waals surface area contributed by atoms with Crippen molar-refractivity contribution in [3.05, 3.63) is 35.1 Å². The number of rotatable bonds is 1. The van der Waals surface area contributed by atoms with Crippen molar-refractivity contribution in [2.75, 3.05) is 0 Å². The predicted octanol–water partition coefficient (Wildman–Crippen LogP) is 2.08. The molecule has 0 unspecified atom stereocenters. The molecule has 2 rings (SSSR count). The van der Waals surface area contributed by atoms with Crippen LogP contribution in [-0.2, 0) is 17.9 Å². The number of hydrogen-bond acceptors (Lipinski definition) is 1. The maximum atomic E-state index is 13.3. The lowest BCUT2D eigenvalue weighted by molar-refractivity contribution is -0.131. The summed E-state index contributed by atoms with van der Waals surface area (Å²) in [7, 11) is 0. The van der Waals surface area contributed by atoms with E-state index < -0.39 is 0 Å². The molecule has 0 saturated carbocycles. The summed E-state index contributed by atoms with van der Waals surface area (Å²) in [6, 6.07) is 5.01. The summed E-state index contributed by atoms with van der Waals surface area (Å²) in [4.78, 5) is 13.1. The first-order valence-electron chi connectivity index (χ1n) is 4.76. The van der Waals surface area contributed by atoms with Gasteiger partial charge in [0.25, 0.3) is 0 Å². The van der Waals surface area contributed by atoms with Crippen LogP contribution in [0.5, 0.6) is 0 Å². The van der Waals surface area contributed by atoms with E-state index in [1.807, 2.05) is 13.0 Å². The maximum Gasteiger partial charge on any atom is 0.222 e. The van der Waals surface area contributed by atoms with Gasteiger partial charge >= 0.3 is 0 Å². The summed E-state index contributed by atoms with van der Waals surface area (Å²) in [5.74, 6) is -0.116. The smallest absolute Gasteiger partial charge is 0.222 e.